The van der Waals surface area contributed by atoms with Crippen molar-refractivity contribution < 1.29 is 0 Å². The molecule has 2 aromatic heterocycles. The highest BCUT2D eigenvalue weighted by Gasteiger charge is 1.99. The molecule has 0 atom stereocenters. The monoisotopic (exact) mass is 201 g/mol. The Labute approximate surface area is 87.8 Å². The molecule has 0 bridgehead atoms. The van der Waals surface area contributed by atoms with Crippen molar-refractivity contribution in [3.63, 3.8) is 0 Å². The molecule has 2 heterocycles. The Balaban J connectivity index is 2.35. The third-order valence-electron chi connectivity index (χ3n) is 1.98. The van der Waals surface area contributed by atoms with Crippen LogP contribution in [-0.2, 0) is 6.42 Å². The lowest BCUT2D eigenvalue weighted by atomic mass is 10.1. The number of hydrogen-bond acceptors (Lipinski definition) is 2. The molecule has 0 aromatic carbocycles. The SMILES string of the molecule is C=CCc1cncc(-c2cccs2)c1. The molecule has 0 aliphatic carbocycles. The minimum atomic E-state index is 0.881. The normalized spacial score (nSPS) is 10.0. The van der Waals surface area contributed by atoms with Crippen LogP contribution in [0.3, 0.4) is 0 Å². The van der Waals surface area contributed by atoms with Gasteiger partial charge >= 0.3 is 0 Å². The Bertz CT molecular complexity index is 418. The van der Waals surface area contributed by atoms with Crippen molar-refractivity contribution in [1.82, 2.24) is 4.98 Å². The molecule has 0 N–H and O–H groups in total. The van der Waals surface area contributed by atoms with Crippen LogP contribution in [0.15, 0.2) is 48.6 Å². The first-order chi connectivity index (χ1) is 6.90. The third-order valence-corrected chi connectivity index (χ3v) is 2.90. The topological polar surface area (TPSA) is 12.9 Å². The van der Waals surface area contributed by atoms with E-state index in [-0.39, 0.29) is 0 Å². The highest BCUT2D eigenvalue weighted by atomic mass is 32.1. The Kier molecular flexibility index (Phi) is 2.75. The lowest BCUT2D eigenvalue weighted by Gasteiger charge is -1.99. The zero-order valence-corrected chi connectivity index (χ0v) is 8.63. The molecule has 1 nitrogen and oxygen atoms in total. The fraction of sp³-hybridized carbons (Fsp3) is 0.0833. The zero-order valence-electron chi connectivity index (χ0n) is 7.81. The van der Waals surface area contributed by atoms with Gasteiger partial charge in [-0.25, -0.2) is 0 Å². The van der Waals surface area contributed by atoms with Crippen LogP contribution in [0.25, 0.3) is 10.4 Å². The molecule has 0 radical (unpaired) electrons. The van der Waals surface area contributed by atoms with Gasteiger partial charge in [0, 0.05) is 22.8 Å². The molecule has 0 saturated heterocycles. The van der Waals surface area contributed by atoms with Crippen molar-refractivity contribution in [3.05, 3.63) is 54.2 Å². The van der Waals surface area contributed by atoms with E-state index in [1.54, 1.807) is 11.3 Å². The number of hydrogen-bond donors (Lipinski definition) is 0. The van der Waals surface area contributed by atoms with Gasteiger partial charge in [-0.05, 0) is 29.5 Å². The molecular weight excluding hydrogens is 190 g/mol. The van der Waals surface area contributed by atoms with Gasteiger partial charge in [0.05, 0.1) is 0 Å². The van der Waals surface area contributed by atoms with E-state index in [2.05, 4.69) is 35.1 Å². The quantitative estimate of drug-likeness (QED) is 0.692. The van der Waals surface area contributed by atoms with E-state index in [1.165, 1.54) is 16.0 Å². The second-order valence-corrected chi connectivity index (χ2v) is 4.00. The van der Waals surface area contributed by atoms with E-state index >= 15 is 0 Å². The fourth-order valence-corrected chi connectivity index (χ4v) is 2.05. The van der Waals surface area contributed by atoms with Crippen LogP contribution in [0.2, 0.25) is 0 Å². The molecule has 70 valence electrons. The molecule has 0 fully saturated rings. The predicted octanol–water partition coefficient (Wildman–Crippen LogP) is 3.54. The summed E-state index contributed by atoms with van der Waals surface area (Å²) in [6.45, 7) is 3.72. The summed E-state index contributed by atoms with van der Waals surface area (Å²) < 4.78 is 0. The Morgan fingerprint density at radius 1 is 1.43 bits per heavy atom. The highest BCUT2D eigenvalue weighted by molar-refractivity contribution is 7.13. The van der Waals surface area contributed by atoms with Gasteiger partial charge in [0.25, 0.3) is 0 Å². The standard InChI is InChI=1S/C12H11NS/c1-2-4-10-7-11(9-13-8-10)12-5-3-6-14-12/h2-3,5-9H,1,4H2. The Morgan fingerprint density at radius 3 is 3.07 bits per heavy atom. The van der Waals surface area contributed by atoms with Gasteiger partial charge in [-0.15, -0.1) is 17.9 Å². The lowest BCUT2D eigenvalue weighted by molar-refractivity contribution is 1.20. The summed E-state index contributed by atoms with van der Waals surface area (Å²) in [4.78, 5) is 5.49. The second-order valence-electron chi connectivity index (χ2n) is 3.05. The van der Waals surface area contributed by atoms with Gasteiger partial charge in [0.2, 0.25) is 0 Å². The maximum absolute atomic E-state index is 4.22. The number of rotatable bonds is 3. The molecule has 0 aliphatic rings. The molecule has 0 unspecified atom stereocenters. The minimum absolute atomic E-state index is 0.881. The van der Waals surface area contributed by atoms with E-state index in [4.69, 9.17) is 0 Å². The molecule has 14 heavy (non-hydrogen) atoms. The maximum Gasteiger partial charge on any atom is 0.0358 e. The summed E-state index contributed by atoms with van der Waals surface area (Å²) in [6, 6.07) is 6.33. The van der Waals surface area contributed by atoms with E-state index in [0.29, 0.717) is 0 Å². The number of nitrogens with zero attached hydrogens (tertiary/aromatic N) is 1. The van der Waals surface area contributed by atoms with Crippen LogP contribution in [0, 0.1) is 0 Å². The van der Waals surface area contributed by atoms with Crippen LogP contribution >= 0.6 is 11.3 Å². The van der Waals surface area contributed by atoms with Crippen LogP contribution in [0.4, 0.5) is 0 Å². The summed E-state index contributed by atoms with van der Waals surface area (Å²) in [5.41, 5.74) is 2.41. The molecule has 2 heteroatoms. The zero-order chi connectivity index (χ0) is 9.80. The van der Waals surface area contributed by atoms with Crippen molar-refractivity contribution in [3.8, 4) is 10.4 Å². The Hall–Kier alpha value is -1.41. The second kappa shape index (κ2) is 4.20. The van der Waals surface area contributed by atoms with Crippen LogP contribution in [0.1, 0.15) is 5.56 Å². The summed E-state index contributed by atoms with van der Waals surface area (Å²) in [5.74, 6) is 0. The Morgan fingerprint density at radius 2 is 2.36 bits per heavy atom. The van der Waals surface area contributed by atoms with E-state index < -0.39 is 0 Å². The first-order valence-corrected chi connectivity index (χ1v) is 5.37. The average Bonchev–Trinajstić information content (AvgIpc) is 2.71. The summed E-state index contributed by atoms with van der Waals surface area (Å²) in [6.07, 6.45) is 6.57. The van der Waals surface area contributed by atoms with Crippen molar-refractivity contribution in [2.24, 2.45) is 0 Å². The molecular formula is C12H11NS. The van der Waals surface area contributed by atoms with Crippen molar-refractivity contribution in [1.29, 1.82) is 0 Å². The minimum Gasteiger partial charge on any atom is -0.264 e. The average molecular weight is 201 g/mol. The third kappa shape index (κ3) is 1.91. The van der Waals surface area contributed by atoms with Crippen LogP contribution in [-0.4, -0.2) is 4.98 Å². The van der Waals surface area contributed by atoms with Crippen molar-refractivity contribution in [2.45, 2.75) is 6.42 Å². The molecule has 0 aliphatic heterocycles. The van der Waals surface area contributed by atoms with Crippen LogP contribution in [0.5, 0.6) is 0 Å². The maximum atomic E-state index is 4.22. The van der Waals surface area contributed by atoms with Gasteiger partial charge in [0.1, 0.15) is 0 Å². The molecule has 0 saturated carbocycles. The lowest BCUT2D eigenvalue weighted by Crippen LogP contribution is -1.84. The summed E-state index contributed by atoms with van der Waals surface area (Å²) >= 11 is 1.74. The summed E-state index contributed by atoms with van der Waals surface area (Å²) in [7, 11) is 0. The first kappa shape index (κ1) is 9.16. The van der Waals surface area contributed by atoms with Gasteiger partial charge in [-0.3, -0.25) is 4.98 Å². The predicted molar refractivity (Wildman–Crippen MR) is 61.5 cm³/mol. The summed E-state index contributed by atoms with van der Waals surface area (Å²) in [5, 5.41) is 2.08. The number of pyridine rings is 1. The molecule has 2 aromatic rings. The largest absolute Gasteiger partial charge is 0.264 e. The van der Waals surface area contributed by atoms with E-state index in [1.807, 2.05) is 18.5 Å². The van der Waals surface area contributed by atoms with Gasteiger partial charge in [-0.2, -0.15) is 0 Å². The van der Waals surface area contributed by atoms with E-state index in [0.717, 1.165) is 6.42 Å². The van der Waals surface area contributed by atoms with Crippen molar-refractivity contribution in [2.75, 3.05) is 0 Å². The molecule has 0 amide bonds. The highest BCUT2D eigenvalue weighted by Crippen LogP contribution is 2.24. The fourth-order valence-electron chi connectivity index (χ4n) is 1.34. The van der Waals surface area contributed by atoms with Crippen molar-refractivity contribution >= 4 is 11.3 Å². The molecule has 0 spiro atoms. The first-order valence-electron chi connectivity index (χ1n) is 4.49. The van der Waals surface area contributed by atoms with Gasteiger partial charge in [0.15, 0.2) is 0 Å². The van der Waals surface area contributed by atoms with Gasteiger partial charge < -0.3 is 0 Å². The number of aromatic nitrogens is 1. The smallest absolute Gasteiger partial charge is 0.0358 e. The van der Waals surface area contributed by atoms with Crippen LogP contribution < -0.4 is 0 Å². The molecule has 2 rings (SSSR count). The van der Waals surface area contributed by atoms with Gasteiger partial charge in [-0.1, -0.05) is 12.1 Å². The van der Waals surface area contributed by atoms with E-state index in [9.17, 15) is 0 Å². The number of thiophene rings is 1. The number of allylic oxidation sites excluding steroid dienone is 1.